The van der Waals surface area contributed by atoms with Crippen molar-refractivity contribution in [2.24, 2.45) is 7.05 Å². The van der Waals surface area contributed by atoms with Crippen LogP contribution in [-0.4, -0.2) is 56.7 Å². The van der Waals surface area contributed by atoms with E-state index in [1.54, 1.807) is 31.6 Å². The van der Waals surface area contributed by atoms with E-state index in [9.17, 15) is 9.59 Å². The Balaban J connectivity index is 1.25. The summed E-state index contributed by atoms with van der Waals surface area (Å²) in [5, 5.41) is 19.9. The Labute approximate surface area is 276 Å². The first-order chi connectivity index (χ1) is 22.3. The number of likely N-dealkylation sites (tertiary alicyclic amines) is 1. The van der Waals surface area contributed by atoms with Crippen LogP contribution >= 0.6 is 23.2 Å². The Kier molecular flexibility index (Phi) is 9.62. The molecule has 4 N–H and O–H groups in total. The summed E-state index contributed by atoms with van der Waals surface area (Å²) in [4.78, 5) is 37.8. The Bertz CT molecular complexity index is 1980. The molecule has 0 bridgehead atoms. The summed E-state index contributed by atoms with van der Waals surface area (Å²) in [6, 6.07) is 16.4. The lowest BCUT2D eigenvalue weighted by molar-refractivity contribution is 0.102. The average molecular weight is 659 g/mol. The lowest BCUT2D eigenvalue weighted by atomic mass is 10.0. The van der Waals surface area contributed by atoms with Crippen LogP contribution in [0.3, 0.4) is 0 Å². The van der Waals surface area contributed by atoms with Gasteiger partial charge in [-0.2, -0.15) is 0 Å². The van der Waals surface area contributed by atoms with Gasteiger partial charge in [0.1, 0.15) is 11.1 Å². The first-order valence-electron chi connectivity index (χ1n) is 15.0. The minimum atomic E-state index is -0.590. The summed E-state index contributed by atoms with van der Waals surface area (Å²) in [6.07, 6.45) is 6.53. The van der Waals surface area contributed by atoms with Gasteiger partial charge in [0.05, 0.1) is 28.0 Å². The number of halogens is 2. The zero-order valence-corrected chi connectivity index (χ0v) is 26.7. The van der Waals surface area contributed by atoms with Gasteiger partial charge in [0.25, 0.3) is 11.5 Å². The van der Waals surface area contributed by atoms with Crippen molar-refractivity contribution in [3.05, 3.63) is 110 Å². The molecule has 4 heterocycles. The van der Waals surface area contributed by atoms with Crippen molar-refractivity contribution in [3.8, 4) is 11.1 Å². The molecule has 0 atom stereocenters. The largest absolute Gasteiger partial charge is 0.395 e. The number of aliphatic hydroxyl groups is 1. The number of hydrogen-bond donors (Lipinski definition) is 4. The van der Waals surface area contributed by atoms with E-state index in [0.717, 1.165) is 41.7 Å². The zero-order valence-electron chi connectivity index (χ0n) is 25.2. The van der Waals surface area contributed by atoms with Gasteiger partial charge in [-0.25, -0.2) is 4.98 Å². The van der Waals surface area contributed by atoms with Crippen molar-refractivity contribution in [3.63, 3.8) is 0 Å². The number of anilines is 3. The highest BCUT2D eigenvalue weighted by Crippen LogP contribution is 2.41. The molecule has 0 spiro atoms. The molecule has 1 aliphatic rings. The number of fused-ring (bicyclic) bond motifs is 1. The number of benzene rings is 2. The second-order valence-electron chi connectivity index (χ2n) is 11.2. The number of pyridine rings is 3. The molecule has 236 valence electrons. The maximum absolute atomic E-state index is 13.3. The second kappa shape index (κ2) is 14.0. The minimum Gasteiger partial charge on any atom is -0.395 e. The SMILES string of the molecule is Cn1cc(CNCCO)cc(C(=O)Nc2cccc(-c3cccc(Nc4nccc5cc(CN6CCC6)cnc45)c3Cl)c2Cl)c1=O. The minimum absolute atomic E-state index is 0.0198. The van der Waals surface area contributed by atoms with Crippen LogP contribution < -0.4 is 21.5 Å². The van der Waals surface area contributed by atoms with Crippen LogP contribution in [0.1, 0.15) is 27.9 Å². The van der Waals surface area contributed by atoms with Crippen molar-refractivity contribution in [2.75, 3.05) is 36.9 Å². The van der Waals surface area contributed by atoms with Gasteiger partial charge in [-0.05, 0) is 61.0 Å². The summed E-state index contributed by atoms with van der Waals surface area (Å²) >= 11 is 13.8. The van der Waals surface area contributed by atoms with E-state index in [-0.39, 0.29) is 17.2 Å². The molecule has 3 aromatic heterocycles. The number of aliphatic hydroxyl groups excluding tert-OH is 1. The molecule has 2 aromatic carbocycles. The van der Waals surface area contributed by atoms with Crippen molar-refractivity contribution in [1.82, 2.24) is 24.8 Å². The molecule has 5 aromatic rings. The molecule has 1 amide bonds. The number of hydrogen-bond acceptors (Lipinski definition) is 8. The highest BCUT2D eigenvalue weighted by atomic mass is 35.5. The summed E-state index contributed by atoms with van der Waals surface area (Å²) in [5.41, 5.74) is 4.34. The van der Waals surface area contributed by atoms with Gasteiger partial charge >= 0.3 is 0 Å². The predicted molar refractivity (Wildman–Crippen MR) is 183 cm³/mol. The number of rotatable bonds is 11. The number of amides is 1. The van der Waals surface area contributed by atoms with E-state index in [2.05, 4.69) is 31.9 Å². The van der Waals surface area contributed by atoms with Gasteiger partial charge in [-0.1, -0.05) is 47.5 Å². The normalized spacial score (nSPS) is 13.0. The lowest BCUT2D eigenvalue weighted by Gasteiger charge is -2.30. The van der Waals surface area contributed by atoms with E-state index >= 15 is 0 Å². The standard InChI is InChI=1S/C34H33Cl2N7O3/c1-42-19-22(17-37-11-14-44)16-26(34(42)46)33(45)41-28-8-3-6-25(30(28)36)24-5-2-7-27(29(24)35)40-32-31-23(9-10-38-32)15-21(18-39-31)20-43-12-4-13-43/h2-3,5-10,15-16,18-19,37,44H,4,11-14,17,20H2,1H3,(H,38,40)(H,41,45). The topological polar surface area (TPSA) is 124 Å². The van der Waals surface area contributed by atoms with E-state index < -0.39 is 11.5 Å². The lowest BCUT2D eigenvalue weighted by Crippen LogP contribution is -2.36. The molecular weight excluding hydrogens is 625 g/mol. The average Bonchev–Trinajstić information content (AvgIpc) is 3.03. The van der Waals surface area contributed by atoms with Crippen molar-refractivity contribution >= 4 is 57.2 Å². The first kappa shape index (κ1) is 31.7. The molecular formula is C34H33Cl2N7O3. The van der Waals surface area contributed by atoms with Crippen molar-refractivity contribution in [2.45, 2.75) is 19.5 Å². The summed E-state index contributed by atoms with van der Waals surface area (Å²) in [5.74, 6) is -0.0118. The van der Waals surface area contributed by atoms with Crippen LogP contribution in [0.2, 0.25) is 10.0 Å². The molecule has 0 radical (unpaired) electrons. The maximum Gasteiger partial charge on any atom is 0.263 e. The van der Waals surface area contributed by atoms with Crippen LogP contribution in [0.15, 0.2) is 78.0 Å². The number of carbonyl (C=O) groups is 1. The van der Waals surface area contributed by atoms with E-state index in [1.807, 2.05) is 36.5 Å². The monoisotopic (exact) mass is 657 g/mol. The highest BCUT2D eigenvalue weighted by Gasteiger charge is 2.19. The zero-order chi connectivity index (χ0) is 32.2. The number of aryl methyl sites for hydroxylation is 1. The predicted octanol–water partition coefficient (Wildman–Crippen LogP) is 5.59. The molecule has 1 fully saturated rings. The van der Waals surface area contributed by atoms with Crippen LogP contribution in [0, 0.1) is 0 Å². The number of nitrogens with one attached hydrogen (secondary N) is 3. The summed E-state index contributed by atoms with van der Waals surface area (Å²) in [6.45, 7) is 3.88. The van der Waals surface area contributed by atoms with Crippen molar-refractivity contribution in [1.29, 1.82) is 0 Å². The quantitative estimate of drug-likeness (QED) is 0.136. The third kappa shape index (κ3) is 6.76. The molecule has 46 heavy (non-hydrogen) atoms. The Morgan fingerprint density at radius 2 is 1.72 bits per heavy atom. The molecule has 12 heteroatoms. The third-order valence-electron chi connectivity index (χ3n) is 7.90. The number of aromatic nitrogens is 3. The molecule has 0 saturated carbocycles. The summed E-state index contributed by atoms with van der Waals surface area (Å²) < 4.78 is 1.36. The summed E-state index contributed by atoms with van der Waals surface area (Å²) in [7, 11) is 1.58. The van der Waals surface area contributed by atoms with Gasteiger partial charge in [0.15, 0.2) is 5.82 Å². The fourth-order valence-electron chi connectivity index (χ4n) is 5.42. The molecule has 0 aliphatic carbocycles. The Morgan fingerprint density at radius 1 is 0.978 bits per heavy atom. The third-order valence-corrected chi connectivity index (χ3v) is 8.72. The van der Waals surface area contributed by atoms with Crippen molar-refractivity contribution < 1.29 is 9.90 Å². The van der Waals surface area contributed by atoms with E-state index in [4.69, 9.17) is 33.3 Å². The molecule has 0 unspecified atom stereocenters. The molecule has 1 saturated heterocycles. The van der Waals surface area contributed by atoms with Gasteiger partial charge in [-0.15, -0.1) is 0 Å². The Hall–Kier alpha value is -4.32. The van der Waals surface area contributed by atoms with Crippen LogP contribution in [0.4, 0.5) is 17.2 Å². The van der Waals surface area contributed by atoms with E-state index in [1.165, 1.54) is 17.1 Å². The maximum atomic E-state index is 13.3. The fraction of sp³-hybridized carbons (Fsp3) is 0.235. The highest BCUT2D eigenvalue weighted by molar-refractivity contribution is 6.39. The van der Waals surface area contributed by atoms with Gasteiger partial charge in [0, 0.05) is 61.8 Å². The van der Waals surface area contributed by atoms with Crippen LogP contribution in [0.5, 0.6) is 0 Å². The number of carbonyl (C=O) groups excluding carboxylic acids is 1. The molecule has 1 aliphatic heterocycles. The molecule has 6 rings (SSSR count). The first-order valence-corrected chi connectivity index (χ1v) is 15.7. The Morgan fingerprint density at radius 3 is 2.43 bits per heavy atom. The van der Waals surface area contributed by atoms with Gasteiger partial charge < -0.3 is 25.6 Å². The second-order valence-corrected chi connectivity index (χ2v) is 12.0. The molecule has 10 nitrogen and oxygen atoms in total. The smallest absolute Gasteiger partial charge is 0.263 e. The fourth-order valence-corrected chi connectivity index (χ4v) is 5.97. The van der Waals surface area contributed by atoms with Gasteiger partial charge in [-0.3, -0.25) is 19.5 Å². The van der Waals surface area contributed by atoms with Crippen LogP contribution in [-0.2, 0) is 20.1 Å². The van der Waals surface area contributed by atoms with E-state index in [0.29, 0.717) is 46.4 Å². The van der Waals surface area contributed by atoms with Gasteiger partial charge in [0.2, 0.25) is 0 Å². The van der Waals surface area contributed by atoms with Crippen LogP contribution in [0.25, 0.3) is 22.0 Å². The number of nitrogens with zero attached hydrogens (tertiary/aromatic N) is 4.